The number of carbonyl (C=O) groups is 1. The highest BCUT2D eigenvalue weighted by molar-refractivity contribution is 7.92. The summed E-state index contributed by atoms with van der Waals surface area (Å²) in [7, 11) is -0.222. The monoisotopic (exact) mass is 348 g/mol. The number of carbonyl (C=O) groups excluding carboxylic acids is 1. The molecule has 8 heteroatoms. The smallest absolute Gasteiger partial charge is 0.262 e. The lowest BCUT2D eigenvalue weighted by molar-refractivity contribution is 0.101. The average molecular weight is 348 g/mol. The normalized spacial score (nSPS) is 11.2. The number of Topliss-reactive ketones (excluding diaryl/α,β-unsaturated/α-hetero) is 1. The maximum Gasteiger partial charge on any atom is 0.262 e. The number of rotatable bonds is 5. The molecule has 0 unspecified atom stereocenters. The first-order valence-corrected chi connectivity index (χ1v) is 8.76. The van der Waals surface area contributed by atoms with Crippen LogP contribution < -0.4 is 9.62 Å². The number of ketones is 1. The molecule has 0 aliphatic heterocycles. The summed E-state index contributed by atoms with van der Waals surface area (Å²) < 4.78 is 27.7. The zero-order valence-corrected chi connectivity index (χ0v) is 15.1. The summed E-state index contributed by atoms with van der Waals surface area (Å²) in [6.07, 6.45) is 0. The van der Waals surface area contributed by atoms with Crippen LogP contribution >= 0.6 is 0 Å². The predicted molar refractivity (Wildman–Crippen MR) is 93.1 cm³/mol. The third-order valence-corrected chi connectivity index (χ3v) is 4.79. The van der Waals surface area contributed by atoms with Gasteiger partial charge in [0.1, 0.15) is 0 Å². The zero-order chi connectivity index (χ0) is 18.1. The van der Waals surface area contributed by atoms with Crippen molar-refractivity contribution in [2.24, 2.45) is 0 Å². The van der Waals surface area contributed by atoms with E-state index in [1.54, 1.807) is 24.8 Å². The molecule has 0 radical (unpaired) electrons. The highest BCUT2D eigenvalue weighted by Crippen LogP contribution is 2.23. The Morgan fingerprint density at radius 3 is 2.21 bits per heavy atom. The van der Waals surface area contributed by atoms with E-state index in [0.29, 0.717) is 28.6 Å². The van der Waals surface area contributed by atoms with Gasteiger partial charge in [0, 0.05) is 19.7 Å². The maximum absolute atomic E-state index is 12.6. The largest absolute Gasteiger partial charge is 0.347 e. The molecule has 0 aliphatic carbocycles. The van der Waals surface area contributed by atoms with Crippen molar-refractivity contribution < 1.29 is 13.2 Å². The third kappa shape index (κ3) is 3.70. The minimum absolute atomic E-state index is 0.0192. The lowest BCUT2D eigenvalue weighted by Crippen LogP contribution is -2.19. The standard InChI is InChI=1S/C16H20N4O3S/c1-10-15(11(2)18-16(17-10)20(4)5)19-24(22,23)14-8-6-7-13(9-14)12(3)21/h6-9,19H,1-5H3. The molecule has 2 aromatic rings. The molecule has 0 saturated carbocycles. The van der Waals surface area contributed by atoms with Crippen LogP contribution in [0, 0.1) is 13.8 Å². The van der Waals surface area contributed by atoms with Crippen LogP contribution in [-0.4, -0.2) is 38.3 Å². The van der Waals surface area contributed by atoms with Crippen molar-refractivity contribution in [2.75, 3.05) is 23.7 Å². The lowest BCUT2D eigenvalue weighted by atomic mass is 10.2. The van der Waals surface area contributed by atoms with Crippen molar-refractivity contribution in [3.05, 3.63) is 41.2 Å². The van der Waals surface area contributed by atoms with Crippen molar-refractivity contribution in [3.8, 4) is 0 Å². The minimum atomic E-state index is -3.84. The number of nitrogens with one attached hydrogen (secondary N) is 1. The summed E-state index contributed by atoms with van der Waals surface area (Å²) in [6, 6.07) is 5.91. The summed E-state index contributed by atoms with van der Waals surface area (Å²) in [5.41, 5.74) is 1.73. The van der Waals surface area contributed by atoms with E-state index in [0.717, 1.165) is 0 Å². The Morgan fingerprint density at radius 2 is 1.71 bits per heavy atom. The number of anilines is 2. The second kappa shape index (κ2) is 6.56. The Kier molecular flexibility index (Phi) is 4.88. The number of hydrogen-bond donors (Lipinski definition) is 1. The number of aromatic nitrogens is 2. The molecule has 128 valence electrons. The molecule has 0 spiro atoms. The molecule has 24 heavy (non-hydrogen) atoms. The molecule has 0 fully saturated rings. The Balaban J connectivity index is 2.43. The quantitative estimate of drug-likeness (QED) is 0.833. The van der Waals surface area contributed by atoms with Crippen molar-refractivity contribution in [2.45, 2.75) is 25.7 Å². The first kappa shape index (κ1) is 17.9. The van der Waals surface area contributed by atoms with Gasteiger partial charge in [-0.3, -0.25) is 9.52 Å². The molecule has 0 atom stereocenters. The molecular formula is C16H20N4O3S. The van der Waals surface area contributed by atoms with Crippen molar-refractivity contribution in [1.82, 2.24) is 9.97 Å². The van der Waals surface area contributed by atoms with Crippen LogP contribution in [0.2, 0.25) is 0 Å². The van der Waals surface area contributed by atoms with Crippen LogP contribution in [0.15, 0.2) is 29.2 Å². The van der Waals surface area contributed by atoms with Crippen LogP contribution in [0.5, 0.6) is 0 Å². The van der Waals surface area contributed by atoms with E-state index in [2.05, 4.69) is 14.7 Å². The second-order valence-corrected chi connectivity index (χ2v) is 7.34. The summed E-state index contributed by atoms with van der Waals surface area (Å²) >= 11 is 0. The SMILES string of the molecule is CC(=O)c1cccc(S(=O)(=O)Nc2c(C)nc(N(C)C)nc2C)c1. The van der Waals surface area contributed by atoms with E-state index in [-0.39, 0.29) is 10.7 Å². The van der Waals surface area contributed by atoms with E-state index in [1.807, 2.05) is 14.1 Å². The van der Waals surface area contributed by atoms with Crippen molar-refractivity contribution in [3.63, 3.8) is 0 Å². The Labute approximate surface area is 141 Å². The topological polar surface area (TPSA) is 92.3 Å². The van der Waals surface area contributed by atoms with Gasteiger partial charge in [-0.2, -0.15) is 0 Å². The van der Waals surface area contributed by atoms with Gasteiger partial charge in [-0.25, -0.2) is 18.4 Å². The van der Waals surface area contributed by atoms with Crippen LogP contribution in [0.1, 0.15) is 28.7 Å². The molecule has 0 saturated heterocycles. The first-order chi connectivity index (χ1) is 11.1. The summed E-state index contributed by atoms with van der Waals surface area (Å²) in [5.74, 6) is 0.310. The molecule has 2 rings (SSSR count). The number of hydrogen-bond acceptors (Lipinski definition) is 6. The Bertz CT molecular complexity index is 869. The van der Waals surface area contributed by atoms with Crippen LogP contribution in [0.4, 0.5) is 11.6 Å². The van der Waals surface area contributed by atoms with Gasteiger partial charge in [-0.1, -0.05) is 12.1 Å². The molecular weight excluding hydrogens is 328 g/mol. The van der Waals surface area contributed by atoms with Gasteiger partial charge in [-0.05, 0) is 32.9 Å². The van der Waals surface area contributed by atoms with Gasteiger partial charge in [0.05, 0.1) is 22.0 Å². The molecule has 7 nitrogen and oxygen atoms in total. The van der Waals surface area contributed by atoms with Crippen LogP contribution in [-0.2, 0) is 10.0 Å². The maximum atomic E-state index is 12.6. The zero-order valence-electron chi connectivity index (χ0n) is 14.3. The van der Waals surface area contributed by atoms with Crippen molar-refractivity contribution >= 4 is 27.4 Å². The van der Waals surface area contributed by atoms with E-state index >= 15 is 0 Å². The Morgan fingerprint density at radius 1 is 1.12 bits per heavy atom. The van der Waals surface area contributed by atoms with Gasteiger partial charge >= 0.3 is 0 Å². The second-order valence-electron chi connectivity index (χ2n) is 5.65. The number of benzene rings is 1. The van der Waals surface area contributed by atoms with E-state index in [1.165, 1.54) is 25.1 Å². The minimum Gasteiger partial charge on any atom is -0.347 e. The highest BCUT2D eigenvalue weighted by atomic mass is 32.2. The van der Waals surface area contributed by atoms with Gasteiger partial charge in [0.25, 0.3) is 10.0 Å². The molecule has 1 N–H and O–H groups in total. The number of aryl methyl sites for hydroxylation is 2. The van der Waals surface area contributed by atoms with E-state index in [4.69, 9.17) is 0 Å². The predicted octanol–water partition coefficient (Wildman–Crippen LogP) is 2.16. The summed E-state index contributed by atoms with van der Waals surface area (Å²) in [5, 5.41) is 0. The number of sulfonamides is 1. The lowest BCUT2D eigenvalue weighted by Gasteiger charge is -2.16. The van der Waals surface area contributed by atoms with Crippen LogP contribution in [0.3, 0.4) is 0 Å². The fourth-order valence-electron chi connectivity index (χ4n) is 2.12. The van der Waals surface area contributed by atoms with Crippen LogP contribution in [0.25, 0.3) is 0 Å². The summed E-state index contributed by atoms with van der Waals surface area (Å²) in [6.45, 7) is 4.82. The molecule has 0 aliphatic rings. The Hall–Kier alpha value is -2.48. The molecule has 1 aromatic heterocycles. The van der Waals surface area contributed by atoms with Crippen molar-refractivity contribution in [1.29, 1.82) is 0 Å². The first-order valence-electron chi connectivity index (χ1n) is 7.28. The highest BCUT2D eigenvalue weighted by Gasteiger charge is 2.19. The van der Waals surface area contributed by atoms with Gasteiger partial charge in [0.15, 0.2) is 5.78 Å². The van der Waals surface area contributed by atoms with Gasteiger partial charge < -0.3 is 4.90 Å². The average Bonchev–Trinajstić information content (AvgIpc) is 2.50. The number of nitrogens with zero attached hydrogens (tertiary/aromatic N) is 3. The van der Waals surface area contributed by atoms with Gasteiger partial charge in [0.2, 0.25) is 5.95 Å². The molecule has 0 bridgehead atoms. The van der Waals surface area contributed by atoms with E-state index < -0.39 is 10.0 Å². The molecule has 0 amide bonds. The fraction of sp³-hybridized carbons (Fsp3) is 0.312. The van der Waals surface area contributed by atoms with E-state index in [9.17, 15) is 13.2 Å². The fourth-order valence-corrected chi connectivity index (χ4v) is 3.34. The third-order valence-electron chi connectivity index (χ3n) is 3.45. The molecule has 1 aromatic carbocycles. The van der Waals surface area contributed by atoms with Gasteiger partial charge in [-0.15, -0.1) is 0 Å². The summed E-state index contributed by atoms with van der Waals surface area (Å²) in [4.78, 5) is 21.8. The molecule has 1 heterocycles.